The van der Waals surface area contributed by atoms with E-state index in [1.807, 2.05) is 36.9 Å². The van der Waals surface area contributed by atoms with Gasteiger partial charge in [0.15, 0.2) is 0 Å². The van der Waals surface area contributed by atoms with Crippen LogP contribution in [0, 0.1) is 5.92 Å². The lowest BCUT2D eigenvalue weighted by atomic mass is 9.93. The highest BCUT2D eigenvalue weighted by molar-refractivity contribution is 5.88. The molecule has 1 aromatic carbocycles. The Balaban J connectivity index is 1.76. The molecule has 0 saturated carbocycles. The molecular weight excluding hydrogens is 358 g/mol. The molecule has 0 N–H and O–H groups in total. The molecule has 1 aliphatic rings. The number of carbonyl (C=O) groups is 2. The predicted octanol–water partition coefficient (Wildman–Crippen LogP) is 2.32. The summed E-state index contributed by atoms with van der Waals surface area (Å²) in [6.45, 7) is 5.06. The van der Waals surface area contributed by atoms with E-state index >= 15 is 0 Å². The van der Waals surface area contributed by atoms with E-state index in [1.165, 1.54) is 11.8 Å². The average Bonchev–Trinajstić information content (AvgIpc) is 2.70. The van der Waals surface area contributed by atoms with Gasteiger partial charge in [-0.05, 0) is 38.7 Å². The number of piperidine rings is 1. The van der Waals surface area contributed by atoms with Crippen molar-refractivity contribution in [3.63, 3.8) is 0 Å². The van der Waals surface area contributed by atoms with E-state index in [1.54, 1.807) is 6.07 Å². The number of fused-ring (bicyclic) bond motifs is 1. The maximum absolute atomic E-state index is 12.9. The van der Waals surface area contributed by atoms with Crippen LogP contribution in [0.2, 0.25) is 0 Å². The number of aromatic nitrogens is 2. The first kappa shape index (κ1) is 20.0. The van der Waals surface area contributed by atoms with E-state index in [4.69, 9.17) is 4.74 Å². The number of likely N-dealkylation sites (tertiary alicyclic amines) is 1. The zero-order valence-electron chi connectivity index (χ0n) is 16.7. The number of benzene rings is 1. The highest BCUT2D eigenvalue weighted by Gasteiger charge is 2.25. The number of amides is 1. The topological polar surface area (TPSA) is 81.5 Å². The standard InChI is InChI=1S/C21H27N3O4/c1-14(2)24-21(27)17-7-5-4-6-16(17)18(22-24)13-19(25)23-10-8-15(9-11-23)12-20(26)28-3/h4-7,14-15H,8-13H2,1-3H3. The number of rotatable bonds is 5. The third kappa shape index (κ3) is 4.24. The summed E-state index contributed by atoms with van der Waals surface area (Å²) >= 11 is 0. The summed E-state index contributed by atoms with van der Waals surface area (Å²) in [4.78, 5) is 38.8. The second-order valence-electron chi connectivity index (χ2n) is 7.62. The highest BCUT2D eigenvalue weighted by atomic mass is 16.5. The number of esters is 1. The molecule has 1 amide bonds. The molecule has 0 bridgehead atoms. The SMILES string of the molecule is COC(=O)CC1CCN(C(=O)Cc2nn(C(C)C)c(=O)c3ccccc23)CC1. The van der Waals surface area contributed by atoms with Crippen molar-refractivity contribution < 1.29 is 14.3 Å². The fraction of sp³-hybridized carbons (Fsp3) is 0.524. The molecule has 0 aliphatic carbocycles. The zero-order chi connectivity index (χ0) is 20.3. The van der Waals surface area contributed by atoms with Gasteiger partial charge in [-0.15, -0.1) is 0 Å². The lowest BCUT2D eigenvalue weighted by Gasteiger charge is -2.31. The molecule has 0 unspecified atom stereocenters. The quantitative estimate of drug-likeness (QED) is 0.738. The first-order chi connectivity index (χ1) is 13.4. The highest BCUT2D eigenvalue weighted by Crippen LogP contribution is 2.22. The molecule has 2 aromatic rings. The van der Waals surface area contributed by atoms with Gasteiger partial charge in [0.25, 0.3) is 5.56 Å². The Morgan fingerprint density at radius 3 is 2.43 bits per heavy atom. The predicted molar refractivity (Wildman–Crippen MR) is 106 cm³/mol. The Kier molecular flexibility index (Phi) is 6.11. The summed E-state index contributed by atoms with van der Waals surface area (Å²) in [5.41, 5.74) is 0.496. The molecule has 1 aliphatic heterocycles. The van der Waals surface area contributed by atoms with Gasteiger partial charge in [-0.2, -0.15) is 5.10 Å². The molecule has 0 radical (unpaired) electrons. The lowest BCUT2D eigenvalue weighted by Crippen LogP contribution is -2.40. The smallest absolute Gasteiger partial charge is 0.305 e. The van der Waals surface area contributed by atoms with E-state index in [9.17, 15) is 14.4 Å². The van der Waals surface area contributed by atoms with Crippen LogP contribution in [-0.2, 0) is 20.7 Å². The summed E-state index contributed by atoms with van der Waals surface area (Å²) in [6, 6.07) is 7.23. The lowest BCUT2D eigenvalue weighted by molar-refractivity contribution is -0.142. The number of ether oxygens (including phenoxy) is 1. The minimum absolute atomic E-state index is 0.00289. The molecule has 7 nitrogen and oxygen atoms in total. The van der Waals surface area contributed by atoms with Crippen molar-refractivity contribution in [2.24, 2.45) is 5.92 Å². The molecule has 1 fully saturated rings. The van der Waals surface area contributed by atoms with Gasteiger partial charge in [-0.1, -0.05) is 18.2 Å². The van der Waals surface area contributed by atoms with Crippen LogP contribution in [0.25, 0.3) is 10.8 Å². The van der Waals surface area contributed by atoms with Crippen LogP contribution in [-0.4, -0.2) is 46.8 Å². The third-order valence-electron chi connectivity index (χ3n) is 5.36. The minimum atomic E-state index is -0.198. The van der Waals surface area contributed by atoms with Gasteiger partial charge in [0, 0.05) is 24.9 Å². The van der Waals surface area contributed by atoms with Crippen molar-refractivity contribution in [2.45, 2.75) is 45.6 Å². The second-order valence-corrected chi connectivity index (χ2v) is 7.62. The molecule has 28 heavy (non-hydrogen) atoms. The number of hydrogen-bond acceptors (Lipinski definition) is 5. The van der Waals surface area contributed by atoms with Crippen molar-refractivity contribution in [1.82, 2.24) is 14.7 Å². The third-order valence-corrected chi connectivity index (χ3v) is 5.36. The van der Waals surface area contributed by atoms with Crippen LogP contribution in [0.1, 0.15) is 44.8 Å². The van der Waals surface area contributed by atoms with Crippen LogP contribution < -0.4 is 5.56 Å². The van der Waals surface area contributed by atoms with Gasteiger partial charge in [0.05, 0.1) is 30.7 Å². The van der Waals surface area contributed by atoms with E-state index in [-0.39, 0.29) is 35.8 Å². The summed E-state index contributed by atoms with van der Waals surface area (Å²) < 4.78 is 6.18. The monoisotopic (exact) mass is 385 g/mol. The number of methoxy groups -OCH3 is 1. The summed E-state index contributed by atoms with van der Waals surface area (Å²) in [7, 11) is 1.40. The van der Waals surface area contributed by atoms with Gasteiger partial charge < -0.3 is 9.64 Å². The Bertz CT molecular complexity index is 927. The molecule has 0 spiro atoms. The van der Waals surface area contributed by atoms with E-state index in [0.29, 0.717) is 30.6 Å². The molecule has 1 saturated heterocycles. The largest absolute Gasteiger partial charge is 0.469 e. The summed E-state index contributed by atoms with van der Waals surface area (Å²) in [6.07, 6.45) is 2.15. The normalized spacial score (nSPS) is 15.2. The van der Waals surface area contributed by atoms with Crippen molar-refractivity contribution >= 4 is 22.6 Å². The van der Waals surface area contributed by atoms with E-state index in [0.717, 1.165) is 18.2 Å². The molecule has 3 rings (SSSR count). The molecule has 1 aromatic heterocycles. The number of nitrogens with zero attached hydrogens (tertiary/aromatic N) is 3. The van der Waals surface area contributed by atoms with Crippen molar-refractivity contribution in [3.05, 3.63) is 40.3 Å². The minimum Gasteiger partial charge on any atom is -0.469 e. The second kappa shape index (κ2) is 8.54. The molecule has 150 valence electrons. The number of carbonyl (C=O) groups excluding carboxylic acids is 2. The van der Waals surface area contributed by atoms with Gasteiger partial charge in [0.1, 0.15) is 0 Å². The Labute approximate surface area is 164 Å². The Morgan fingerprint density at radius 1 is 1.18 bits per heavy atom. The fourth-order valence-electron chi connectivity index (χ4n) is 3.72. The summed E-state index contributed by atoms with van der Waals surface area (Å²) in [5, 5.41) is 5.82. The van der Waals surface area contributed by atoms with Gasteiger partial charge in [0.2, 0.25) is 5.91 Å². The summed E-state index contributed by atoms with van der Waals surface area (Å²) in [5.74, 6) is 0.0674. The molecule has 7 heteroatoms. The van der Waals surface area contributed by atoms with Crippen LogP contribution in [0.5, 0.6) is 0 Å². The molecular formula is C21H27N3O4. The zero-order valence-corrected chi connectivity index (χ0v) is 16.7. The van der Waals surface area contributed by atoms with E-state index in [2.05, 4.69) is 5.10 Å². The van der Waals surface area contributed by atoms with Gasteiger partial charge >= 0.3 is 5.97 Å². The molecule has 0 atom stereocenters. The van der Waals surface area contributed by atoms with Crippen LogP contribution in [0.15, 0.2) is 29.1 Å². The van der Waals surface area contributed by atoms with Crippen LogP contribution in [0.3, 0.4) is 0 Å². The van der Waals surface area contributed by atoms with Crippen molar-refractivity contribution in [2.75, 3.05) is 20.2 Å². The average molecular weight is 385 g/mol. The fourth-order valence-corrected chi connectivity index (χ4v) is 3.72. The number of hydrogen-bond donors (Lipinski definition) is 0. The maximum Gasteiger partial charge on any atom is 0.305 e. The maximum atomic E-state index is 12.9. The Morgan fingerprint density at radius 2 is 1.82 bits per heavy atom. The Hall–Kier alpha value is -2.70. The van der Waals surface area contributed by atoms with Gasteiger partial charge in [-0.25, -0.2) is 4.68 Å². The molecule has 2 heterocycles. The first-order valence-corrected chi connectivity index (χ1v) is 9.75. The first-order valence-electron chi connectivity index (χ1n) is 9.75. The van der Waals surface area contributed by atoms with Gasteiger partial charge in [-0.3, -0.25) is 14.4 Å². The van der Waals surface area contributed by atoms with E-state index < -0.39 is 0 Å². The van der Waals surface area contributed by atoms with Crippen LogP contribution >= 0.6 is 0 Å². The van der Waals surface area contributed by atoms with Crippen molar-refractivity contribution in [3.8, 4) is 0 Å². The van der Waals surface area contributed by atoms with Crippen LogP contribution in [0.4, 0.5) is 0 Å². The van der Waals surface area contributed by atoms with Crippen molar-refractivity contribution in [1.29, 1.82) is 0 Å².